The highest BCUT2D eigenvalue weighted by Crippen LogP contribution is 2.19. The molecule has 1 fully saturated rings. The fraction of sp³-hybridized carbons (Fsp3) is 0.476. The van der Waals surface area contributed by atoms with Crippen molar-refractivity contribution in [1.82, 2.24) is 15.5 Å². The number of benzene rings is 1. The quantitative estimate of drug-likeness (QED) is 0.216. The number of rotatable bonds is 11. The third kappa shape index (κ3) is 7.26. The summed E-state index contributed by atoms with van der Waals surface area (Å²) in [6.07, 6.45) is 0.0229. The molecule has 1 aliphatic heterocycles. The van der Waals surface area contributed by atoms with Crippen LogP contribution in [0.4, 0.5) is 0 Å². The molecule has 1 aromatic rings. The zero-order chi connectivity index (χ0) is 24.5. The number of nitrogens with two attached hydrogens (primary N) is 1. The minimum Gasteiger partial charge on any atom is -0.481 e. The van der Waals surface area contributed by atoms with E-state index in [0.717, 1.165) is 0 Å². The van der Waals surface area contributed by atoms with Gasteiger partial charge in [-0.3, -0.25) is 19.2 Å². The highest BCUT2D eigenvalue weighted by atomic mass is 16.4. The van der Waals surface area contributed by atoms with Crippen molar-refractivity contribution in [2.45, 2.75) is 49.9 Å². The predicted molar refractivity (Wildman–Crippen MR) is 114 cm³/mol. The highest BCUT2D eigenvalue weighted by Gasteiger charge is 2.38. The van der Waals surface area contributed by atoms with E-state index in [1.165, 1.54) is 4.90 Å². The van der Waals surface area contributed by atoms with Gasteiger partial charge in [0.05, 0.1) is 13.0 Å². The zero-order valence-corrected chi connectivity index (χ0v) is 17.8. The van der Waals surface area contributed by atoms with Crippen LogP contribution < -0.4 is 16.4 Å². The van der Waals surface area contributed by atoms with Crippen molar-refractivity contribution in [2.24, 2.45) is 5.73 Å². The van der Waals surface area contributed by atoms with Gasteiger partial charge in [-0.2, -0.15) is 0 Å². The fourth-order valence-electron chi connectivity index (χ4n) is 3.57. The monoisotopic (exact) mass is 464 g/mol. The summed E-state index contributed by atoms with van der Waals surface area (Å²) in [4.78, 5) is 61.7. The third-order valence-corrected chi connectivity index (χ3v) is 5.26. The summed E-state index contributed by atoms with van der Waals surface area (Å²) in [7, 11) is 0. The Balaban J connectivity index is 2.20. The number of nitrogens with zero attached hydrogens (tertiary/aromatic N) is 1. The number of aliphatic hydroxyl groups excluding tert-OH is 1. The van der Waals surface area contributed by atoms with Gasteiger partial charge in [0.2, 0.25) is 17.7 Å². The highest BCUT2D eigenvalue weighted by molar-refractivity contribution is 5.95. The standard InChI is InChI=1S/C21H28N4O8/c22-13(11-26)20(31)25-8-4-7-16(25)19(30)23-14(9-12-5-2-1-3-6-12)18(29)24-15(21(32)33)10-17(27)28/h1-3,5-6,13-16,26H,4,7-11,22H2,(H,23,30)(H,24,29)(H,27,28)(H,32,33). The normalized spacial score (nSPS) is 18.1. The average molecular weight is 464 g/mol. The largest absolute Gasteiger partial charge is 0.481 e. The molecule has 4 atom stereocenters. The number of carbonyl (C=O) groups is 5. The van der Waals surface area contributed by atoms with Gasteiger partial charge in [0.15, 0.2) is 0 Å². The number of likely N-dealkylation sites (tertiary alicyclic amines) is 1. The molecule has 0 aliphatic carbocycles. The van der Waals surface area contributed by atoms with Gasteiger partial charge in [-0.15, -0.1) is 0 Å². The van der Waals surface area contributed by atoms with Gasteiger partial charge in [0.25, 0.3) is 0 Å². The van der Waals surface area contributed by atoms with E-state index < -0.39 is 66.9 Å². The molecule has 0 aromatic heterocycles. The lowest BCUT2D eigenvalue weighted by atomic mass is 10.0. The lowest BCUT2D eigenvalue weighted by Crippen LogP contribution is -2.57. The molecule has 0 bridgehead atoms. The lowest BCUT2D eigenvalue weighted by Gasteiger charge is -2.28. The van der Waals surface area contributed by atoms with Crippen LogP contribution in [0.5, 0.6) is 0 Å². The summed E-state index contributed by atoms with van der Waals surface area (Å²) >= 11 is 0. The summed E-state index contributed by atoms with van der Waals surface area (Å²) in [5.74, 6) is -5.03. The van der Waals surface area contributed by atoms with Crippen LogP contribution in [-0.2, 0) is 30.4 Å². The van der Waals surface area contributed by atoms with Gasteiger partial charge < -0.3 is 36.6 Å². The van der Waals surface area contributed by atoms with E-state index in [-0.39, 0.29) is 13.0 Å². The molecule has 7 N–H and O–H groups in total. The molecule has 0 saturated carbocycles. The maximum absolute atomic E-state index is 13.0. The number of carboxylic acid groups (broad SMARTS) is 2. The molecule has 3 amide bonds. The molecular weight excluding hydrogens is 436 g/mol. The maximum Gasteiger partial charge on any atom is 0.326 e. The van der Waals surface area contributed by atoms with Crippen molar-refractivity contribution in [3.8, 4) is 0 Å². The lowest BCUT2D eigenvalue weighted by molar-refractivity contribution is -0.147. The second-order valence-corrected chi connectivity index (χ2v) is 7.73. The first kappa shape index (κ1) is 25.7. The Hall–Kier alpha value is -3.51. The average Bonchev–Trinajstić information content (AvgIpc) is 3.27. The zero-order valence-electron chi connectivity index (χ0n) is 17.8. The number of hydrogen-bond acceptors (Lipinski definition) is 7. The van der Waals surface area contributed by atoms with Crippen LogP contribution in [0.2, 0.25) is 0 Å². The van der Waals surface area contributed by atoms with Crippen LogP contribution in [0.3, 0.4) is 0 Å². The smallest absolute Gasteiger partial charge is 0.326 e. The molecule has 1 aromatic carbocycles. The van der Waals surface area contributed by atoms with Crippen molar-refractivity contribution in [1.29, 1.82) is 0 Å². The minimum atomic E-state index is -1.68. The molecule has 1 saturated heterocycles. The molecular formula is C21H28N4O8. The van der Waals surface area contributed by atoms with Gasteiger partial charge in [0, 0.05) is 13.0 Å². The number of hydrogen-bond donors (Lipinski definition) is 6. The maximum atomic E-state index is 13.0. The summed E-state index contributed by atoms with van der Waals surface area (Å²) < 4.78 is 0. The van der Waals surface area contributed by atoms with Crippen LogP contribution in [0, 0.1) is 0 Å². The van der Waals surface area contributed by atoms with Crippen molar-refractivity contribution in [3.63, 3.8) is 0 Å². The van der Waals surface area contributed by atoms with E-state index in [2.05, 4.69) is 10.6 Å². The molecule has 180 valence electrons. The second-order valence-electron chi connectivity index (χ2n) is 7.73. The van der Waals surface area contributed by atoms with Crippen molar-refractivity contribution >= 4 is 29.7 Å². The Kier molecular flexibility index (Phi) is 9.30. The van der Waals surface area contributed by atoms with Gasteiger partial charge in [-0.1, -0.05) is 30.3 Å². The first-order valence-corrected chi connectivity index (χ1v) is 10.4. The molecule has 2 rings (SSSR count). The summed E-state index contributed by atoms with van der Waals surface area (Å²) in [5.41, 5.74) is 6.26. The van der Waals surface area contributed by atoms with Gasteiger partial charge in [-0.25, -0.2) is 4.79 Å². The van der Waals surface area contributed by atoms with Gasteiger partial charge in [0.1, 0.15) is 24.2 Å². The van der Waals surface area contributed by atoms with Crippen LogP contribution in [0.1, 0.15) is 24.8 Å². The first-order valence-electron chi connectivity index (χ1n) is 10.4. The van der Waals surface area contributed by atoms with Crippen molar-refractivity contribution < 1.29 is 39.3 Å². The van der Waals surface area contributed by atoms with E-state index in [4.69, 9.17) is 15.9 Å². The van der Waals surface area contributed by atoms with Crippen LogP contribution in [0.25, 0.3) is 0 Å². The molecule has 0 radical (unpaired) electrons. The fourth-order valence-corrected chi connectivity index (χ4v) is 3.57. The predicted octanol–water partition coefficient (Wildman–Crippen LogP) is -1.93. The number of carbonyl (C=O) groups excluding carboxylic acids is 3. The Morgan fingerprint density at radius 3 is 2.30 bits per heavy atom. The van der Waals surface area contributed by atoms with E-state index in [9.17, 15) is 29.1 Å². The molecule has 12 nitrogen and oxygen atoms in total. The van der Waals surface area contributed by atoms with Crippen molar-refractivity contribution in [3.05, 3.63) is 35.9 Å². The Bertz CT molecular complexity index is 878. The SMILES string of the molecule is NC(CO)C(=O)N1CCCC1C(=O)NC(Cc1ccccc1)C(=O)NC(CC(=O)O)C(=O)O. The number of aliphatic hydroxyl groups is 1. The van der Waals surface area contributed by atoms with Gasteiger partial charge in [-0.05, 0) is 18.4 Å². The molecule has 0 spiro atoms. The van der Waals surface area contributed by atoms with Crippen LogP contribution >= 0.6 is 0 Å². The molecule has 4 unspecified atom stereocenters. The number of nitrogens with one attached hydrogen (secondary N) is 2. The van der Waals surface area contributed by atoms with E-state index in [1.54, 1.807) is 30.3 Å². The summed E-state index contributed by atoms with van der Waals surface area (Å²) in [6, 6.07) is 3.65. The molecule has 1 heterocycles. The topological polar surface area (TPSA) is 199 Å². The van der Waals surface area contributed by atoms with E-state index >= 15 is 0 Å². The minimum absolute atomic E-state index is 0.00858. The Morgan fingerprint density at radius 1 is 1.06 bits per heavy atom. The molecule has 12 heteroatoms. The number of carboxylic acids is 2. The van der Waals surface area contributed by atoms with E-state index in [0.29, 0.717) is 18.4 Å². The second kappa shape index (κ2) is 11.9. The van der Waals surface area contributed by atoms with Crippen LogP contribution in [-0.4, -0.2) is 87.2 Å². The molecule has 1 aliphatic rings. The summed E-state index contributed by atoms with van der Waals surface area (Å²) in [6.45, 7) is -0.317. The Labute approximate surface area is 189 Å². The number of amides is 3. The third-order valence-electron chi connectivity index (χ3n) is 5.26. The van der Waals surface area contributed by atoms with Gasteiger partial charge >= 0.3 is 11.9 Å². The summed E-state index contributed by atoms with van der Waals surface area (Å²) in [5, 5.41) is 32.0. The number of aliphatic carboxylic acids is 2. The first-order chi connectivity index (χ1) is 15.6. The molecule has 33 heavy (non-hydrogen) atoms. The van der Waals surface area contributed by atoms with E-state index in [1.807, 2.05) is 0 Å². The van der Waals surface area contributed by atoms with Crippen LogP contribution in [0.15, 0.2) is 30.3 Å². The van der Waals surface area contributed by atoms with Crippen molar-refractivity contribution in [2.75, 3.05) is 13.2 Å². The Morgan fingerprint density at radius 2 is 1.73 bits per heavy atom.